The van der Waals surface area contributed by atoms with E-state index in [1.807, 2.05) is 18.2 Å². The largest absolute Gasteiger partial charge is 0.294 e. The third-order valence-corrected chi connectivity index (χ3v) is 5.06. The highest BCUT2D eigenvalue weighted by molar-refractivity contribution is 14.1. The number of carbonyl (C=O) groups excluding carboxylic acids is 1. The van der Waals surface area contributed by atoms with Crippen LogP contribution in [-0.4, -0.2) is 5.78 Å². The van der Waals surface area contributed by atoms with Crippen LogP contribution in [0.1, 0.15) is 33.8 Å². The number of benzene rings is 2. The molecule has 0 bridgehead atoms. The summed E-state index contributed by atoms with van der Waals surface area (Å²) >= 11 is 5.66. The highest BCUT2D eigenvalue weighted by atomic mass is 127. The average Bonchev–Trinajstić information content (AvgIpc) is 2.38. The minimum absolute atomic E-state index is 0.241. The molecule has 0 N–H and O–H groups in total. The standard InChI is InChI=1S/C16H12BrIO/c17-12-5-6-15(18)14(9-12)16(19)8-11-7-10-3-1-2-4-13(10)11/h1-6,9,11H,7-8H2. The Hall–Kier alpha value is -0.680. The first-order chi connectivity index (χ1) is 9.15. The molecule has 19 heavy (non-hydrogen) atoms. The van der Waals surface area contributed by atoms with Gasteiger partial charge in [0.05, 0.1) is 0 Å². The maximum Gasteiger partial charge on any atom is 0.164 e. The van der Waals surface area contributed by atoms with Crippen molar-refractivity contribution in [1.29, 1.82) is 0 Å². The highest BCUT2D eigenvalue weighted by Gasteiger charge is 2.28. The van der Waals surface area contributed by atoms with Crippen molar-refractivity contribution >= 4 is 44.3 Å². The topological polar surface area (TPSA) is 17.1 Å². The smallest absolute Gasteiger partial charge is 0.164 e. The molecule has 0 heterocycles. The second kappa shape index (κ2) is 5.37. The van der Waals surface area contributed by atoms with Crippen molar-refractivity contribution in [3.8, 4) is 0 Å². The van der Waals surface area contributed by atoms with Gasteiger partial charge in [0.2, 0.25) is 0 Å². The minimum atomic E-state index is 0.241. The van der Waals surface area contributed by atoms with E-state index in [-0.39, 0.29) is 5.78 Å². The van der Waals surface area contributed by atoms with Crippen molar-refractivity contribution in [2.45, 2.75) is 18.8 Å². The number of carbonyl (C=O) groups is 1. The Kier molecular flexibility index (Phi) is 3.76. The minimum Gasteiger partial charge on any atom is -0.294 e. The Bertz CT molecular complexity index is 651. The van der Waals surface area contributed by atoms with Gasteiger partial charge in [-0.2, -0.15) is 0 Å². The summed E-state index contributed by atoms with van der Waals surface area (Å²) in [6, 6.07) is 14.3. The molecule has 0 aliphatic heterocycles. The number of hydrogen-bond donors (Lipinski definition) is 0. The number of rotatable bonds is 3. The van der Waals surface area contributed by atoms with E-state index in [1.165, 1.54) is 11.1 Å². The predicted molar refractivity (Wildman–Crippen MR) is 88.7 cm³/mol. The third-order valence-electron chi connectivity index (χ3n) is 3.62. The van der Waals surface area contributed by atoms with Crippen molar-refractivity contribution in [3.05, 3.63) is 67.2 Å². The van der Waals surface area contributed by atoms with Crippen LogP contribution in [0, 0.1) is 3.57 Å². The van der Waals surface area contributed by atoms with E-state index in [0.29, 0.717) is 12.3 Å². The van der Waals surface area contributed by atoms with E-state index in [2.05, 4.69) is 62.8 Å². The summed E-state index contributed by atoms with van der Waals surface area (Å²) < 4.78 is 1.99. The molecule has 0 fully saturated rings. The first-order valence-corrected chi connectivity index (χ1v) is 8.08. The van der Waals surface area contributed by atoms with Crippen molar-refractivity contribution in [3.63, 3.8) is 0 Å². The first-order valence-electron chi connectivity index (χ1n) is 6.21. The summed E-state index contributed by atoms with van der Waals surface area (Å²) in [7, 11) is 0. The first kappa shape index (κ1) is 13.3. The maximum atomic E-state index is 12.4. The van der Waals surface area contributed by atoms with E-state index in [4.69, 9.17) is 0 Å². The second-order valence-corrected chi connectivity index (χ2v) is 6.93. The molecule has 2 aromatic carbocycles. The number of Topliss-reactive ketones (excluding diaryl/α,β-unsaturated/α-hetero) is 1. The Balaban J connectivity index is 1.79. The molecule has 1 unspecified atom stereocenters. The third kappa shape index (κ3) is 2.63. The van der Waals surface area contributed by atoms with Gasteiger partial charge in [0.1, 0.15) is 0 Å². The lowest BCUT2D eigenvalue weighted by atomic mass is 9.74. The van der Waals surface area contributed by atoms with Crippen LogP contribution in [0.2, 0.25) is 0 Å². The summed E-state index contributed by atoms with van der Waals surface area (Å²) in [5, 5.41) is 0. The Labute approximate surface area is 134 Å². The van der Waals surface area contributed by atoms with Crippen LogP contribution in [0.5, 0.6) is 0 Å². The number of fused-ring (bicyclic) bond motifs is 1. The second-order valence-electron chi connectivity index (χ2n) is 4.85. The summed E-state index contributed by atoms with van der Waals surface area (Å²) in [5.41, 5.74) is 3.57. The summed E-state index contributed by atoms with van der Waals surface area (Å²) in [5.74, 6) is 0.642. The van der Waals surface area contributed by atoms with E-state index in [9.17, 15) is 4.79 Å². The molecule has 0 radical (unpaired) electrons. The molecule has 0 saturated carbocycles. The molecule has 0 aromatic heterocycles. The maximum absolute atomic E-state index is 12.4. The number of halogens is 2. The van der Waals surface area contributed by atoms with Gasteiger partial charge in [-0.3, -0.25) is 4.79 Å². The van der Waals surface area contributed by atoms with Crippen LogP contribution in [0.15, 0.2) is 46.9 Å². The molecule has 0 spiro atoms. The number of hydrogen-bond acceptors (Lipinski definition) is 1. The Morgan fingerprint density at radius 3 is 2.84 bits per heavy atom. The lowest BCUT2D eigenvalue weighted by Gasteiger charge is -2.29. The lowest BCUT2D eigenvalue weighted by molar-refractivity contribution is 0.0969. The fourth-order valence-electron chi connectivity index (χ4n) is 2.59. The van der Waals surface area contributed by atoms with Gasteiger partial charge in [0.25, 0.3) is 0 Å². The molecule has 0 amide bonds. The number of ketones is 1. The molecule has 2 aromatic rings. The molecule has 0 saturated heterocycles. The molecule has 1 aliphatic rings. The fraction of sp³-hybridized carbons (Fsp3) is 0.188. The van der Waals surface area contributed by atoms with Crippen LogP contribution in [0.4, 0.5) is 0 Å². The summed E-state index contributed by atoms with van der Waals surface area (Å²) in [6.45, 7) is 0. The van der Waals surface area contributed by atoms with Crippen LogP contribution in [0.3, 0.4) is 0 Å². The van der Waals surface area contributed by atoms with Gasteiger partial charge in [-0.25, -0.2) is 0 Å². The zero-order valence-electron chi connectivity index (χ0n) is 10.2. The van der Waals surface area contributed by atoms with Crippen LogP contribution in [-0.2, 0) is 6.42 Å². The molecule has 96 valence electrons. The predicted octanol–water partition coefficient (Wildman–Crippen LogP) is 4.97. The molecule has 3 heteroatoms. The van der Waals surface area contributed by atoms with Gasteiger partial charge in [-0.05, 0) is 64.3 Å². The SMILES string of the molecule is O=C(CC1Cc2ccccc21)c1cc(Br)ccc1I. The van der Waals surface area contributed by atoms with Gasteiger partial charge in [-0.15, -0.1) is 0 Å². The van der Waals surface area contributed by atoms with Gasteiger partial charge in [0, 0.05) is 20.0 Å². The van der Waals surface area contributed by atoms with E-state index in [1.54, 1.807) is 0 Å². The molecule has 3 rings (SSSR count). The molecule has 1 aliphatic carbocycles. The van der Waals surface area contributed by atoms with Crippen LogP contribution < -0.4 is 0 Å². The van der Waals surface area contributed by atoms with E-state index in [0.717, 1.165) is 20.0 Å². The normalized spacial score (nSPS) is 16.6. The molecule has 1 atom stereocenters. The lowest BCUT2D eigenvalue weighted by Crippen LogP contribution is -2.20. The van der Waals surface area contributed by atoms with E-state index < -0.39 is 0 Å². The summed E-state index contributed by atoms with van der Waals surface area (Å²) in [4.78, 5) is 12.4. The molecular weight excluding hydrogens is 415 g/mol. The van der Waals surface area contributed by atoms with Gasteiger partial charge >= 0.3 is 0 Å². The molecular formula is C16H12BrIO. The zero-order valence-corrected chi connectivity index (χ0v) is 13.9. The Morgan fingerprint density at radius 1 is 1.26 bits per heavy atom. The monoisotopic (exact) mass is 426 g/mol. The van der Waals surface area contributed by atoms with Gasteiger partial charge in [0.15, 0.2) is 5.78 Å². The zero-order chi connectivity index (χ0) is 13.4. The van der Waals surface area contributed by atoms with Crippen molar-refractivity contribution < 1.29 is 4.79 Å². The summed E-state index contributed by atoms with van der Waals surface area (Å²) in [6.07, 6.45) is 1.65. The van der Waals surface area contributed by atoms with Crippen molar-refractivity contribution in [2.24, 2.45) is 0 Å². The fourth-order valence-corrected chi connectivity index (χ4v) is 3.59. The Morgan fingerprint density at radius 2 is 2.05 bits per heavy atom. The van der Waals surface area contributed by atoms with Gasteiger partial charge < -0.3 is 0 Å². The van der Waals surface area contributed by atoms with Crippen LogP contribution >= 0.6 is 38.5 Å². The van der Waals surface area contributed by atoms with Crippen molar-refractivity contribution in [2.75, 3.05) is 0 Å². The average molecular weight is 427 g/mol. The highest BCUT2D eigenvalue weighted by Crippen LogP contribution is 2.38. The molecule has 1 nitrogen and oxygen atoms in total. The van der Waals surface area contributed by atoms with Crippen LogP contribution in [0.25, 0.3) is 0 Å². The van der Waals surface area contributed by atoms with Gasteiger partial charge in [-0.1, -0.05) is 40.2 Å². The van der Waals surface area contributed by atoms with E-state index >= 15 is 0 Å². The quantitative estimate of drug-likeness (QED) is 0.500. The van der Waals surface area contributed by atoms with Crippen molar-refractivity contribution in [1.82, 2.24) is 0 Å².